The second-order valence-electron chi connectivity index (χ2n) is 7.64. The number of piperidine rings is 1. The van der Waals surface area contributed by atoms with Gasteiger partial charge in [-0.2, -0.15) is 18.2 Å². The first-order valence-electron chi connectivity index (χ1n) is 9.39. The minimum Gasteiger partial charge on any atom is -0.350 e. The summed E-state index contributed by atoms with van der Waals surface area (Å²) in [4.78, 5) is 7.97. The quantitative estimate of drug-likeness (QED) is 0.627. The first-order chi connectivity index (χ1) is 13.5. The van der Waals surface area contributed by atoms with Crippen molar-refractivity contribution in [3.8, 4) is 0 Å². The molecule has 0 amide bonds. The third-order valence-corrected chi connectivity index (χ3v) is 6.24. The molecule has 2 heterocycles. The summed E-state index contributed by atoms with van der Waals surface area (Å²) >= 11 is 0. The standard InChI is InChI=1S/C19H25F3N5OP/c1-12-6-7-15(16(9-12)29(2,3)28)26-17-14(19(20,21)22)11-24-18(27-17)25-13-5-4-8-23-10-13/h6-7,9,11,13,23H,4-5,8,10H2,1-3H3,(H2,24,25,26,27). The van der Waals surface area contributed by atoms with Crippen molar-refractivity contribution >= 4 is 29.9 Å². The van der Waals surface area contributed by atoms with Crippen molar-refractivity contribution in [2.45, 2.75) is 32.0 Å². The number of hydrogen-bond donors (Lipinski definition) is 3. The van der Waals surface area contributed by atoms with Gasteiger partial charge >= 0.3 is 6.18 Å². The predicted octanol–water partition coefficient (Wildman–Crippen LogP) is 3.96. The Labute approximate surface area is 168 Å². The topological polar surface area (TPSA) is 78.9 Å². The van der Waals surface area contributed by atoms with Crippen molar-refractivity contribution in [1.29, 1.82) is 0 Å². The molecule has 0 bridgehead atoms. The van der Waals surface area contributed by atoms with Crippen LogP contribution >= 0.6 is 7.14 Å². The highest BCUT2D eigenvalue weighted by Gasteiger charge is 2.36. The number of anilines is 3. The predicted molar refractivity (Wildman–Crippen MR) is 110 cm³/mol. The van der Waals surface area contributed by atoms with Gasteiger partial charge in [0.15, 0.2) is 0 Å². The van der Waals surface area contributed by atoms with Crippen LogP contribution in [-0.2, 0) is 10.7 Å². The number of halogens is 3. The highest BCUT2D eigenvalue weighted by Crippen LogP contribution is 2.40. The van der Waals surface area contributed by atoms with E-state index in [0.717, 1.165) is 31.1 Å². The van der Waals surface area contributed by atoms with E-state index in [1.807, 2.05) is 6.92 Å². The van der Waals surface area contributed by atoms with E-state index in [1.165, 1.54) is 0 Å². The SMILES string of the molecule is Cc1ccc(Nc2nc(NC3CCCNC3)ncc2C(F)(F)F)c(P(C)(C)=O)c1. The second kappa shape index (κ2) is 8.32. The first kappa shape index (κ1) is 21.6. The summed E-state index contributed by atoms with van der Waals surface area (Å²) < 4.78 is 53.3. The Hall–Kier alpha value is -2.12. The molecule has 158 valence electrons. The summed E-state index contributed by atoms with van der Waals surface area (Å²) in [5.41, 5.74) is 0.247. The maximum absolute atomic E-state index is 13.5. The molecular weight excluding hydrogens is 402 g/mol. The fourth-order valence-electron chi connectivity index (χ4n) is 3.23. The van der Waals surface area contributed by atoms with Crippen LogP contribution in [0.3, 0.4) is 0 Å². The number of nitrogens with zero attached hydrogens (tertiary/aromatic N) is 2. The van der Waals surface area contributed by atoms with E-state index in [1.54, 1.807) is 31.5 Å². The Morgan fingerprint density at radius 3 is 2.66 bits per heavy atom. The molecule has 29 heavy (non-hydrogen) atoms. The lowest BCUT2D eigenvalue weighted by Gasteiger charge is -2.24. The van der Waals surface area contributed by atoms with E-state index in [9.17, 15) is 17.7 Å². The number of benzene rings is 1. The van der Waals surface area contributed by atoms with Crippen molar-refractivity contribution in [3.63, 3.8) is 0 Å². The zero-order valence-electron chi connectivity index (χ0n) is 16.6. The summed E-state index contributed by atoms with van der Waals surface area (Å²) in [6.45, 7) is 6.63. The lowest BCUT2D eigenvalue weighted by atomic mass is 10.1. The van der Waals surface area contributed by atoms with Crippen LogP contribution in [0.4, 0.5) is 30.6 Å². The third-order valence-electron chi connectivity index (χ3n) is 4.71. The van der Waals surface area contributed by atoms with Crippen molar-refractivity contribution < 1.29 is 17.7 Å². The Balaban J connectivity index is 1.98. The van der Waals surface area contributed by atoms with E-state index in [0.29, 0.717) is 17.5 Å². The fourth-order valence-corrected chi connectivity index (χ4v) is 4.46. The van der Waals surface area contributed by atoms with Gasteiger partial charge in [0.2, 0.25) is 5.95 Å². The molecule has 1 unspecified atom stereocenters. The van der Waals surface area contributed by atoms with Crippen molar-refractivity contribution in [1.82, 2.24) is 15.3 Å². The molecule has 1 aliphatic rings. The van der Waals surface area contributed by atoms with E-state index in [2.05, 4.69) is 25.9 Å². The molecule has 1 saturated heterocycles. The highest BCUT2D eigenvalue weighted by atomic mass is 31.2. The van der Waals surface area contributed by atoms with Crippen LogP contribution < -0.4 is 21.3 Å². The molecule has 10 heteroatoms. The normalized spacial score (nSPS) is 17.8. The molecule has 1 fully saturated rings. The summed E-state index contributed by atoms with van der Waals surface area (Å²) in [5.74, 6) is -0.239. The first-order valence-corrected chi connectivity index (χ1v) is 12.0. The lowest BCUT2D eigenvalue weighted by Crippen LogP contribution is -2.38. The van der Waals surface area contributed by atoms with Crippen molar-refractivity contribution in [2.24, 2.45) is 0 Å². The maximum atomic E-state index is 13.5. The van der Waals surface area contributed by atoms with Crippen LogP contribution in [-0.4, -0.2) is 42.4 Å². The van der Waals surface area contributed by atoms with Crippen LogP contribution in [0.1, 0.15) is 24.0 Å². The number of alkyl halides is 3. The summed E-state index contributed by atoms with van der Waals surface area (Å²) in [6.07, 6.45) is -1.99. The molecule has 0 spiro atoms. The smallest absolute Gasteiger partial charge is 0.350 e. The molecule has 2 aromatic rings. The van der Waals surface area contributed by atoms with Gasteiger partial charge in [0.05, 0.1) is 5.69 Å². The lowest BCUT2D eigenvalue weighted by molar-refractivity contribution is -0.137. The third kappa shape index (κ3) is 5.48. The molecule has 1 aromatic heterocycles. The molecular formula is C19H25F3N5OP. The largest absolute Gasteiger partial charge is 0.421 e. The molecule has 3 rings (SSSR count). The Kier molecular flexibility index (Phi) is 6.19. The highest BCUT2D eigenvalue weighted by molar-refractivity contribution is 7.70. The fraction of sp³-hybridized carbons (Fsp3) is 0.474. The van der Waals surface area contributed by atoms with Crippen molar-refractivity contribution in [2.75, 3.05) is 37.1 Å². The van der Waals surface area contributed by atoms with E-state index in [4.69, 9.17) is 0 Å². The van der Waals surface area contributed by atoms with Crippen LogP contribution in [0.2, 0.25) is 0 Å². The van der Waals surface area contributed by atoms with Crippen LogP contribution in [0.25, 0.3) is 0 Å². The molecule has 6 nitrogen and oxygen atoms in total. The second-order valence-corrected chi connectivity index (χ2v) is 10.8. The van der Waals surface area contributed by atoms with E-state index >= 15 is 0 Å². The van der Waals surface area contributed by atoms with E-state index < -0.39 is 18.9 Å². The number of rotatable bonds is 5. The number of aromatic nitrogens is 2. The van der Waals surface area contributed by atoms with E-state index in [-0.39, 0.29) is 17.8 Å². The van der Waals surface area contributed by atoms with Gasteiger partial charge in [-0.05, 0) is 51.8 Å². The molecule has 0 aliphatic carbocycles. The average molecular weight is 427 g/mol. The van der Waals surface area contributed by atoms with Crippen LogP contribution in [0.15, 0.2) is 24.4 Å². The van der Waals surface area contributed by atoms with Gasteiger partial charge in [-0.25, -0.2) is 4.98 Å². The molecule has 3 N–H and O–H groups in total. The summed E-state index contributed by atoms with van der Waals surface area (Å²) in [5, 5.41) is 9.56. The van der Waals surface area contributed by atoms with Gasteiger partial charge in [-0.15, -0.1) is 0 Å². The van der Waals surface area contributed by atoms with Crippen molar-refractivity contribution in [3.05, 3.63) is 35.5 Å². The maximum Gasteiger partial charge on any atom is 0.421 e. The molecule has 0 saturated carbocycles. The average Bonchev–Trinajstić information content (AvgIpc) is 2.62. The molecule has 0 radical (unpaired) electrons. The van der Waals surface area contributed by atoms with Gasteiger partial charge < -0.3 is 20.5 Å². The monoisotopic (exact) mass is 427 g/mol. The van der Waals surface area contributed by atoms with Gasteiger partial charge in [0, 0.05) is 24.1 Å². The number of aryl methyl sites for hydroxylation is 1. The molecule has 1 aliphatic heterocycles. The number of nitrogens with one attached hydrogen (secondary N) is 3. The minimum absolute atomic E-state index is 0.0507. The minimum atomic E-state index is -4.62. The Bertz CT molecular complexity index is 923. The van der Waals surface area contributed by atoms with Gasteiger partial charge in [-0.3, -0.25) is 0 Å². The number of hydrogen-bond acceptors (Lipinski definition) is 6. The zero-order valence-corrected chi connectivity index (χ0v) is 17.5. The van der Waals surface area contributed by atoms with Gasteiger partial charge in [0.25, 0.3) is 0 Å². The summed E-state index contributed by atoms with van der Waals surface area (Å²) in [7, 11) is -2.73. The zero-order chi connectivity index (χ0) is 21.2. The molecule has 1 atom stereocenters. The van der Waals surface area contributed by atoms with Gasteiger partial charge in [-0.1, -0.05) is 11.6 Å². The van der Waals surface area contributed by atoms with Crippen LogP contribution in [0, 0.1) is 6.92 Å². The van der Waals surface area contributed by atoms with Gasteiger partial charge in [0.1, 0.15) is 18.5 Å². The molecule has 1 aromatic carbocycles. The Morgan fingerprint density at radius 2 is 2.03 bits per heavy atom. The van der Waals surface area contributed by atoms with Crippen LogP contribution in [0.5, 0.6) is 0 Å². The Morgan fingerprint density at radius 1 is 1.28 bits per heavy atom. The summed E-state index contributed by atoms with van der Waals surface area (Å²) in [6, 6.07) is 5.16.